The molecule has 30 heavy (non-hydrogen) atoms. The number of amides is 1. The second-order valence-electron chi connectivity index (χ2n) is 8.03. The monoisotopic (exact) mass is 434 g/mol. The van der Waals surface area contributed by atoms with Crippen LogP contribution in [0, 0.1) is 13.8 Å². The third-order valence-corrected chi connectivity index (χ3v) is 5.33. The molecule has 0 spiro atoms. The molecule has 1 amide bonds. The molecule has 7 nitrogen and oxygen atoms in total. The van der Waals surface area contributed by atoms with Crippen LogP contribution in [0.2, 0.25) is 0 Å². The normalized spacial score (nSPS) is 11.2. The van der Waals surface area contributed by atoms with Crippen molar-refractivity contribution in [1.29, 1.82) is 0 Å². The molecule has 8 heteroatoms. The highest BCUT2D eigenvalue weighted by atomic mass is 32.1. The lowest BCUT2D eigenvalue weighted by atomic mass is 10.1. The van der Waals surface area contributed by atoms with Crippen molar-refractivity contribution >= 4 is 29.2 Å². The molecule has 2 heterocycles. The molecule has 2 aromatic rings. The number of esters is 1. The summed E-state index contributed by atoms with van der Waals surface area (Å²) in [4.78, 5) is 37.2. The summed E-state index contributed by atoms with van der Waals surface area (Å²) in [7, 11) is 0. The Balaban J connectivity index is 1.79. The molecule has 0 aliphatic heterocycles. The molecule has 0 aromatic carbocycles. The van der Waals surface area contributed by atoms with E-state index in [0.717, 1.165) is 24.4 Å². The van der Waals surface area contributed by atoms with Crippen LogP contribution in [0.15, 0.2) is 23.6 Å². The number of aromatic nitrogens is 1. The third kappa shape index (κ3) is 7.33. The van der Waals surface area contributed by atoms with Gasteiger partial charge >= 0.3 is 12.1 Å². The van der Waals surface area contributed by atoms with Gasteiger partial charge in [-0.15, -0.1) is 11.3 Å². The van der Waals surface area contributed by atoms with Gasteiger partial charge in [0.05, 0.1) is 6.42 Å². The van der Waals surface area contributed by atoms with E-state index < -0.39 is 17.7 Å². The van der Waals surface area contributed by atoms with E-state index >= 15 is 0 Å². The summed E-state index contributed by atoms with van der Waals surface area (Å²) in [5.74, 6) is -0.787. The van der Waals surface area contributed by atoms with E-state index in [2.05, 4.69) is 21.3 Å². The van der Waals surface area contributed by atoms with E-state index in [0.29, 0.717) is 5.56 Å². The highest BCUT2D eigenvalue weighted by molar-refractivity contribution is 7.09. The van der Waals surface area contributed by atoms with Crippen molar-refractivity contribution in [2.75, 3.05) is 13.2 Å². The first-order chi connectivity index (χ1) is 14.1. The van der Waals surface area contributed by atoms with E-state index in [9.17, 15) is 14.4 Å². The number of carbonyl (C=O) groups is 3. The number of ether oxygens (including phenoxy) is 2. The van der Waals surface area contributed by atoms with Gasteiger partial charge in [-0.05, 0) is 58.6 Å². The van der Waals surface area contributed by atoms with Gasteiger partial charge in [-0.1, -0.05) is 6.07 Å². The predicted octanol–water partition coefficient (Wildman–Crippen LogP) is 4.05. The molecule has 0 unspecified atom stereocenters. The number of hydrogen-bond acceptors (Lipinski definition) is 6. The topological polar surface area (TPSA) is 86.6 Å². The first-order valence-corrected chi connectivity index (χ1v) is 10.8. The summed E-state index contributed by atoms with van der Waals surface area (Å²) < 4.78 is 12.3. The fourth-order valence-electron chi connectivity index (χ4n) is 2.98. The molecule has 0 radical (unpaired) electrons. The Morgan fingerprint density at radius 3 is 2.57 bits per heavy atom. The van der Waals surface area contributed by atoms with Gasteiger partial charge in [0.25, 0.3) is 0 Å². The third-order valence-electron chi connectivity index (χ3n) is 4.40. The number of carbonyl (C=O) groups excluding carboxylic acids is 3. The van der Waals surface area contributed by atoms with Gasteiger partial charge in [-0.25, -0.2) is 4.79 Å². The minimum atomic E-state index is -0.604. The molecule has 2 rings (SSSR count). The summed E-state index contributed by atoms with van der Waals surface area (Å²) in [6.45, 7) is 9.69. The summed E-state index contributed by atoms with van der Waals surface area (Å²) in [5.41, 5.74) is 1.84. The zero-order chi connectivity index (χ0) is 22.3. The largest absolute Gasteiger partial charge is 0.457 e. The van der Waals surface area contributed by atoms with Crippen LogP contribution in [0.1, 0.15) is 53.8 Å². The highest BCUT2D eigenvalue weighted by Gasteiger charge is 2.18. The number of alkyl carbamates (subject to hydrolysis) is 1. The number of ketones is 1. The maximum Gasteiger partial charge on any atom is 0.407 e. The van der Waals surface area contributed by atoms with E-state index in [1.54, 1.807) is 32.1 Å². The SMILES string of the molecule is Cc1cc(C(=O)COC(=O)CCNC(=O)OC(C)(C)C)c(C)n1CCc1cccs1. The van der Waals surface area contributed by atoms with Gasteiger partial charge < -0.3 is 19.4 Å². The lowest BCUT2D eigenvalue weighted by molar-refractivity contribution is -0.142. The molecule has 0 aliphatic carbocycles. The van der Waals surface area contributed by atoms with Crippen molar-refractivity contribution in [2.45, 2.75) is 59.6 Å². The van der Waals surface area contributed by atoms with E-state index in [4.69, 9.17) is 9.47 Å². The van der Waals surface area contributed by atoms with Gasteiger partial charge in [0.15, 0.2) is 6.61 Å². The molecule has 0 saturated heterocycles. The van der Waals surface area contributed by atoms with Crippen LogP contribution in [0.4, 0.5) is 4.79 Å². The average molecular weight is 435 g/mol. The Kier molecular flexibility index (Phi) is 8.23. The molecule has 0 atom stereocenters. The Morgan fingerprint density at radius 2 is 1.93 bits per heavy atom. The fourth-order valence-corrected chi connectivity index (χ4v) is 3.68. The van der Waals surface area contributed by atoms with E-state index in [1.807, 2.05) is 26.0 Å². The number of aryl methyl sites for hydroxylation is 2. The fraction of sp³-hybridized carbons (Fsp3) is 0.500. The summed E-state index contributed by atoms with van der Waals surface area (Å²) in [6.07, 6.45) is 0.273. The van der Waals surface area contributed by atoms with Crippen molar-refractivity contribution in [1.82, 2.24) is 9.88 Å². The minimum absolute atomic E-state index is 0.0354. The average Bonchev–Trinajstić information content (AvgIpc) is 3.25. The number of Topliss-reactive ketones (excluding diaryl/α,β-unsaturated/α-hetero) is 1. The molecule has 0 aliphatic rings. The van der Waals surface area contributed by atoms with Crippen molar-refractivity contribution < 1.29 is 23.9 Å². The number of thiophene rings is 1. The second-order valence-corrected chi connectivity index (χ2v) is 9.06. The van der Waals surface area contributed by atoms with Gasteiger partial charge in [0.2, 0.25) is 5.78 Å². The van der Waals surface area contributed by atoms with Crippen molar-refractivity contribution in [2.24, 2.45) is 0 Å². The zero-order valence-electron chi connectivity index (χ0n) is 18.2. The Morgan fingerprint density at radius 1 is 1.20 bits per heavy atom. The van der Waals surface area contributed by atoms with Crippen LogP contribution in [-0.4, -0.2) is 41.2 Å². The Labute approximate surface area is 181 Å². The van der Waals surface area contributed by atoms with Gasteiger partial charge in [-0.3, -0.25) is 9.59 Å². The Bertz CT molecular complexity index is 878. The lowest BCUT2D eigenvalue weighted by Gasteiger charge is -2.19. The van der Waals surface area contributed by atoms with Crippen LogP contribution in [0.3, 0.4) is 0 Å². The van der Waals surface area contributed by atoms with E-state index in [-0.39, 0.29) is 25.4 Å². The molecular formula is C22H30N2O5S. The lowest BCUT2D eigenvalue weighted by Crippen LogP contribution is -2.33. The molecule has 0 saturated carbocycles. The maximum atomic E-state index is 12.5. The molecule has 0 fully saturated rings. The first kappa shape index (κ1) is 23.7. The van der Waals surface area contributed by atoms with Crippen molar-refractivity contribution in [3.63, 3.8) is 0 Å². The van der Waals surface area contributed by atoms with Crippen molar-refractivity contribution in [3.8, 4) is 0 Å². The summed E-state index contributed by atoms with van der Waals surface area (Å²) in [5, 5.41) is 4.54. The molecule has 1 N–H and O–H groups in total. The highest BCUT2D eigenvalue weighted by Crippen LogP contribution is 2.18. The smallest absolute Gasteiger partial charge is 0.407 e. The zero-order valence-corrected chi connectivity index (χ0v) is 19.1. The predicted molar refractivity (Wildman–Crippen MR) is 116 cm³/mol. The number of hydrogen-bond donors (Lipinski definition) is 1. The number of nitrogens with one attached hydrogen (secondary N) is 1. The van der Waals surface area contributed by atoms with Crippen LogP contribution < -0.4 is 5.32 Å². The van der Waals surface area contributed by atoms with Gasteiger partial charge in [-0.2, -0.15) is 0 Å². The van der Waals surface area contributed by atoms with Gasteiger partial charge in [0, 0.05) is 34.9 Å². The van der Waals surface area contributed by atoms with Crippen LogP contribution >= 0.6 is 11.3 Å². The number of nitrogens with zero attached hydrogens (tertiary/aromatic N) is 1. The van der Waals surface area contributed by atoms with Crippen LogP contribution in [-0.2, 0) is 27.2 Å². The van der Waals surface area contributed by atoms with E-state index in [1.165, 1.54) is 4.88 Å². The van der Waals surface area contributed by atoms with Crippen LogP contribution in [0.5, 0.6) is 0 Å². The molecule has 164 valence electrons. The summed E-state index contributed by atoms with van der Waals surface area (Å²) >= 11 is 1.72. The van der Waals surface area contributed by atoms with Crippen LogP contribution in [0.25, 0.3) is 0 Å². The standard InChI is InChI=1S/C22H30N2O5S/c1-15-13-18(16(2)24(15)11-9-17-7-6-12-30-17)19(25)14-28-20(26)8-10-23-21(27)29-22(3,4)5/h6-7,12-13H,8-11,14H2,1-5H3,(H,23,27). The second kappa shape index (κ2) is 10.4. The first-order valence-electron chi connectivity index (χ1n) is 9.91. The molecule has 0 bridgehead atoms. The number of rotatable bonds is 9. The molecular weight excluding hydrogens is 404 g/mol. The van der Waals surface area contributed by atoms with Gasteiger partial charge in [0.1, 0.15) is 5.60 Å². The maximum absolute atomic E-state index is 12.5. The Hall–Kier alpha value is -2.61. The summed E-state index contributed by atoms with van der Waals surface area (Å²) in [6, 6.07) is 5.97. The molecule has 2 aromatic heterocycles. The van der Waals surface area contributed by atoms with Crippen molar-refractivity contribution in [3.05, 3.63) is 45.4 Å². The minimum Gasteiger partial charge on any atom is -0.457 e. The quantitative estimate of drug-likeness (QED) is 0.475.